The van der Waals surface area contributed by atoms with Gasteiger partial charge in [-0.05, 0) is 124 Å². The molecule has 3 aliphatic rings. The molecular formula is C52H36BN3O. The lowest BCUT2D eigenvalue weighted by Gasteiger charge is -2.43. The van der Waals surface area contributed by atoms with Crippen molar-refractivity contribution in [2.24, 2.45) is 0 Å². The van der Waals surface area contributed by atoms with Crippen LogP contribution >= 0.6 is 0 Å². The van der Waals surface area contributed by atoms with E-state index < -0.39 is 0 Å². The van der Waals surface area contributed by atoms with Gasteiger partial charge in [-0.15, -0.1) is 0 Å². The molecule has 0 unspecified atom stereocenters. The third-order valence-corrected chi connectivity index (χ3v) is 13.3. The average molecular weight is 730 g/mol. The summed E-state index contributed by atoms with van der Waals surface area (Å²) < 4.78 is 9.23. The van der Waals surface area contributed by atoms with Crippen LogP contribution in [0.15, 0.2) is 150 Å². The van der Waals surface area contributed by atoms with Crippen LogP contribution in [0.25, 0.3) is 83.1 Å². The van der Waals surface area contributed by atoms with Crippen LogP contribution in [-0.2, 0) is 5.41 Å². The molecule has 0 N–H and O–H groups in total. The number of oxazole rings is 1. The van der Waals surface area contributed by atoms with Gasteiger partial charge in [0.15, 0.2) is 5.58 Å². The third kappa shape index (κ3) is 3.96. The van der Waals surface area contributed by atoms with Crippen molar-refractivity contribution >= 4 is 72.8 Å². The molecule has 5 heteroatoms. The van der Waals surface area contributed by atoms with Crippen LogP contribution in [0, 0.1) is 13.8 Å². The molecule has 268 valence electrons. The summed E-state index contributed by atoms with van der Waals surface area (Å²) in [7, 11) is 0. The Kier molecular flexibility index (Phi) is 5.90. The Labute approximate surface area is 330 Å². The second kappa shape index (κ2) is 10.7. The highest BCUT2D eigenvalue weighted by molar-refractivity contribution is 6.94. The van der Waals surface area contributed by atoms with Crippen molar-refractivity contribution in [2.75, 3.05) is 4.81 Å². The molecule has 0 amide bonds. The minimum Gasteiger partial charge on any atom is -0.436 e. The van der Waals surface area contributed by atoms with E-state index >= 15 is 0 Å². The molecule has 0 saturated carbocycles. The number of hydrogen-bond donors (Lipinski definition) is 0. The molecule has 0 bridgehead atoms. The summed E-state index contributed by atoms with van der Waals surface area (Å²) in [6.45, 7) is 9.01. The topological polar surface area (TPSA) is 34.2 Å². The monoisotopic (exact) mass is 729 g/mol. The fourth-order valence-corrected chi connectivity index (χ4v) is 10.7. The van der Waals surface area contributed by atoms with Crippen molar-refractivity contribution in [3.63, 3.8) is 0 Å². The maximum Gasteiger partial charge on any atom is 0.333 e. The Hall–Kier alpha value is -6.85. The van der Waals surface area contributed by atoms with Crippen LogP contribution in [0.4, 0.5) is 11.4 Å². The number of fused-ring (bicyclic) bond motifs is 15. The molecule has 8 aromatic carbocycles. The Morgan fingerprint density at radius 2 is 1.37 bits per heavy atom. The maximum atomic E-state index is 6.69. The SMILES string of the molecule is Cc1ccc(N2B3c4cc5oc(-c6ccccc6)nc5cc4-n4c5ccc(C)cc5c5c6ccccc6c(c3c54)-c3cc4c(cc32)C(C)(C)c2ccccc2-4)cc1. The Morgan fingerprint density at radius 1 is 0.614 bits per heavy atom. The number of anilines is 2. The molecule has 2 aromatic heterocycles. The lowest BCUT2D eigenvalue weighted by molar-refractivity contribution is 0.620. The maximum absolute atomic E-state index is 6.69. The minimum atomic E-state index is -0.152. The minimum absolute atomic E-state index is 0.144. The molecule has 10 aromatic rings. The highest BCUT2D eigenvalue weighted by Crippen LogP contribution is 2.55. The molecule has 2 aliphatic heterocycles. The van der Waals surface area contributed by atoms with E-state index in [4.69, 9.17) is 9.40 Å². The van der Waals surface area contributed by atoms with Gasteiger partial charge in [-0.2, -0.15) is 0 Å². The Morgan fingerprint density at radius 3 is 2.21 bits per heavy atom. The Bertz CT molecular complexity index is 3410. The van der Waals surface area contributed by atoms with Gasteiger partial charge in [0.25, 0.3) is 0 Å². The van der Waals surface area contributed by atoms with Gasteiger partial charge in [-0.3, -0.25) is 0 Å². The van der Waals surface area contributed by atoms with Crippen LogP contribution in [-0.4, -0.2) is 16.4 Å². The standard InChI is InChI=1S/C52H36BN3O/c1-29-18-21-32(22-19-29)56-44-26-40-36(33-14-10-11-17-39(33)52(40,3)4)25-38(44)47-34-15-8-9-16-35(34)48-37-24-30(2)20-23-43(37)55-45-28-42-46(27-41(45)53(56)49(47)50(48)55)57-51(54-42)31-12-6-5-7-13-31/h5-28H,1-4H3. The van der Waals surface area contributed by atoms with Gasteiger partial charge in [0.1, 0.15) is 5.52 Å². The second-order valence-corrected chi connectivity index (χ2v) is 16.9. The zero-order chi connectivity index (χ0) is 37.9. The molecule has 0 saturated heterocycles. The highest BCUT2D eigenvalue weighted by Gasteiger charge is 2.47. The molecule has 0 radical (unpaired) electrons. The quantitative estimate of drug-likeness (QED) is 0.166. The molecule has 4 heterocycles. The summed E-state index contributed by atoms with van der Waals surface area (Å²) in [5.74, 6) is 0.636. The van der Waals surface area contributed by atoms with Crippen molar-refractivity contribution in [1.82, 2.24) is 9.55 Å². The average Bonchev–Trinajstić information content (AvgIpc) is 3.88. The first kappa shape index (κ1) is 31.4. The van der Waals surface area contributed by atoms with Crippen molar-refractivity contribution in [3.05, 3.63) is 168 Å². The van der Waals surface area contributed by atoms with E-state index in [0.717, 1.165) is 22.4 Å². The smallest absolute Gasteiger partial charge is 0.333 e. The number of hydrogen-bond acceptors (Lipinski definition) is 3. The molecule has 0 spiro atoms. The number of aryl methyl sites for hydroxylation is 2. The van der Waals surface area contributed by atoms with E-state index in [1.54, 1.807) is 0 Å². The number of benzene rings is 8. The molecule has 13 rings (SSSR count). The van der Waals surface area contributed by atoms with Gasteiger partial charge in [-0.25, -0.2) is 4.98 Å². The molecule has 0 fully saturated rings. The largest absolute Gasteiger partial charge is 0.436 e. The molecular weight excluding hydrogens is 693 g/mol. The Balaban J connectivity index is 1.24. The molecule has 4 nitrogen and oxygen atoms in total. The predicted octanol–water partition coefficient (Wildman–Crippen LogP) is 11.9. The van der Waals surface area contributed by atoms with Gasteiger partial charge in [0, 0.05) is 44.4 Å². The summed E-state index contributed by atoms with van der Waals surface area (Å²) >= 11 is 0. The van der Waals surface area contributed by atoms with Gasteiger partial charge >= 0.3 is 6.85 Å². The van der Waals surface area contributed by atoms with Crippen LogP contribution < -0.4 is 15.7 Å². The van der Waals surface area contributed by atoms with Crippen LogP contribution in [0.5, 0.6) is 0 Å². The lowest BCUT2D eigenvalue weighted by atomic mass is 9.43. The number of nitrogens with zero attached hydrogens (tertiary/aromatic N) is 3. The summed E-state index contributed by atoms with van der Waals surface area (Å²) in [5.41, 5.74) is 21.5. The van der Waals surface area contributed by atoms with Gasteiger partial charge in [-0.1, -0.05) is 110 Å². The number of rotatable bonds is 2. The van der Waals surface area contributed by atoms with Crippen molar-refractivity contribution < 1.29 is 4.42 Å². The van der Waals surface area contributed by atoms with E-state index in [-0.39, 0.29) is 12.3 Å². The van der Waals surface area contributed by atoms with Gasteiger partial charge in [0.05, 0.1) is 11.0 Å². The van der Waals surface area contributed by atoms with Crippen LogP contribution in [0.2, 0.25) is 0 Å². The van der Waals surface area contributed by atoms with Crippen molar-refractivity contribution in [3.8, 4) is 39.4 Å². The van der Waals surface area contributed by atoms with Crippen molar-refractivity contribution in [1.29, 1.82) is 0 Å². The summed E-state index contributed by atoms with van der Waals surface area (Å²) in [6.07, 6.45) is 0. The zero-order valence-electron chi connectivity index (χ0n) is 32.2. The van der Waals surface area contributed by atoms with Crippen molar-refractivity contribution in [2.45, 2.75) is 33.1 Å². The first-order chi connectivity index (χ1) is 27.8. The fraction of sp³-hybridized carbons (Fsp3) is 0.0962. The van der Waals surface area contributed by atoms with E-state index in [1.165, 1.54) is 99.4 Å². The zero-order valence-corrected chi connectivity index (χ0v) is 32.2. The second-order valence-electron chi connectivity index (χ2n) is 16.9. The normalized spacial score (nSPS) is 14.4. The first-order valence-electron chi connectivity index (χ1n) is 20.0. The van der Waals surface area contributed by atoms with Crippen LogP contribution in [0.1, 0.15) is 36.1 Å². The highest BCUT2D eigenvalue weighted by atomic mass is 16.3. The summed E-state index contributed by atoms with van der Waals surface area (Å²) in [4.78, 5) is 7.76. The van der Waals surface area contributed by atoms with Gasteiger partial charge < -0.3 is 13.8 Å². The summed E-state index contributed by atoms with van der Waals surface area (Å²) in [6, 6.07) is 54.1. The molecule has 0 atom stereocenters. The predicted molar refractivity (Wildman–Crippen MR) is 237 cm³/mol. The molecule has 57 heavy (non-hydrogen) atoms. The van der Waals surface area contributed by atoms with Crippen LogP contribution in [0.3, 0.4) is 0 Å². The fourth-order valence-electron chi connectivity index (χ4n) is 10.7. The molecule has 1 aliphatic carbocycles. The number of aromatic nitrogens is 2. The summed E-state index contributed by atoms with van der Waals surface area (Å²) in [5, 5.41) is 5.16. The van der Waals surface area contributed by atoms with Gasteiger partial charge in [0.2, 0.25) is 5.89 Å². The third-order valence-electron chi connectivity index (χ3n) is 13.3. The van der Waals surface area contributed by atoms with E-state index in [9.17, 15) is 0 Å². The first-order valence-corrected chi connectivity index (χ1v) is 20.0. The lowest BCUT2D eigenvalue weighted by Crippen LogP contribution is -2.60. The van der Waals surface area contributed by atoms with E-state index in [0.29, 0.717) is 5.89 Å². The van der Waals surface area contributed by atoms with E-state index in [1.807, 2.05) is 18.2 Å². The van der Waals surface area contributed by atoms with E-state index in [2.05, 4.69) is 164 Å².